The van der Waals surface area contributed by atoms with Gasteiger partial charge in [0.15, 0.2) is 0 Å². The molecule has 0 N–H and O–H groups in total. The maximum Gasteiger partial charge on any atom is 0.417 e. The van der Waals surface area contributed by atoms with E-state index >= 15 is 0 Å². The van der Waals surface area contributed by atoms with Crippen LogP contribution >= 0.6 is 0 Å². The molecule has 0 spiro atoms. The van der Waals surface area contributed by atoms with Crippen LogP contribution in [0.4, 0.5) is 13.2 Å². The number of benzene rings is 2. The largest absolute Gasteiger partial charge is 0.462 e. The number of rotatable bonds is 5. The van der Waals surface area contributed by atoms with Gasteiger partial charge in [-0.2, -0.15) is 13.2 Å². The second kappa shape index (κ2) is 7.22. The first-order chi connectivity index (χ1) is 12.8. The molecule has 0 aliphatic carbocycles. The molecular formula is C19H14F3NO4. The van der Waals surface area contributed by atoms with E-state index in [4.69, 9.17) is 4.74 Å². The zero-order valence-corrected chi connectivity index (χ0v) is 14.0. The van der Waals surface area contributed by atoms with Gasteiger partial charge in [-0.1, -0.05) is 24.3 Å². The Kier molecular flexibility index (Phi) is 4.98. The minimum absolute atomic E-state index is 0.000540. The van der Waals surface area contributed by atoms with E-state index in [0.717, 1.165) is 17.0 Å². The fourth-order valence-electron chi connectivity index (χ4n) is 2.82. The molecule has 2 aromatic rings. The van der Waals surface area contributed by atoms with Gasteiger partial charge in [-0.15, -0.1) is 0 Å². The molecule has 0 saturated carbocycles. The SMILES string of the molecule is O=C(OCCCN1C(=O)c2ccccc2C1=O)c1ccccc1C(F)(F)F. The molecule has 0 bridgehead atoms. The van der Waals surface area contributed by atoms with Crippen LogP contribution in [-0.4, -0.2) is 35.8 Å². The highest BCUT2D eigenvalue weighted by atomic mass is 19.4. The molecule has 3 rings (SSSR count). The smallest absolute Gasteiger partial charge is 0.417 e. The summed E-state index contributed by atoms with van der Waals surface area (Å²) in [6, 6.07) is 10.7. The lowest BCUT2D eigenvalue weighted by atomic mass is 10.1. The van der Waals surface area contributed by atoms with Crippen LogP contribution in [0.15, 0.2) is 48.5 Å². The maximum atomic E-state index is 12.9. The standard InChI is InChI=1S/C19H14F3NO4/c20-19(21,22)15-9-4-3-8-14(15)18(26)27-11-5-10-23-16(24)12-6-1-2-7-13(12)17(23)25/h1-4,6-9H,5,10-11H2. The summed E-state index contributed by atoms with van der Waals surface area (Å²) in [6.07, 6.45) is -4.55. The van der Waals surface area contributed by atoms with Crippen LogP contribution in [0.3, 0.4) is 0 Å². The van der Waals surface area contributed by atoms with Crippen LogP contribution in [0.1, 0.15) is 43.1 Å². The molecule has 1 aliphatic rings. The molecule has 1 heterocycles. The van der Waals surface area contributed by atoms with Gasteiger partial charge >= 0.3 is 12.1 Å². The number of halogens is 3. The van der Waals surface area contributed by atoms with E-state index in [1.807, 2.05) is 0 Å². The zero-order chi connectivity index (χ0) is 19.6. The zero-order valence-electron chi connectivity index (χ0n) is 14.0. The van der Waals surface area contributed by atoms with E-state index in [2.05, 4.69) is 0 Å². The summed E-state index contributed by atoms with van der Waals surface area (Å²) < 4.78 is 43.7. The van der Waals surface area contributed by atoms with Gasteiger partial charge < -0.3 is 4.74 Å². The van der Waals surface area contributed by atoms with Crippen molar-refractivity contribution in [2.75, 3.05) is 13.2 Å². The van der Waals surface area contributed by atoms with E-state index in [-0.39, 0.29) is 19.6 Å². The fraction of sp³-hybridized carbons (Fsp3) is 0.211. The van der Waals surface area contributed by atoms with Crippen LogP contribution in [0.25, 0.3) is 0 Å². The Morgan fingerprint density at radius 3 is 2.07 bits per heavy atom. The highest BCUT2D eigenvalue weighted by Gasteiger charge is 2.36. The van der Waals surface area contributed by atoms with Crippen LogP contribution in [0.5, 0.6) is 0 Å². The number of hydrogen-bond donors (Lipinski definition) is 0. The fourth-order valence-corrected chi connectivity index (χ4v) is 2.82. The van der Waals surface area contributed by atoms with Crippen molar-refractivity contribution < 1.29 is 32.3 Å². The average Bonchev–Trinajstić information content (AvgIpc) is 2.89. The molecule has 27 heavy (non-hydrogen) atoms. The summed E-state index contributed by atoms with van der Waals surface area (Å²) in [6.45, 7) is -0.223. The molecule has 5 nitrogen and oxygen atoms in total. The Morgan fingerprint density at radius 2 is 1.48 bits per heavy atom. The summed E-state index contributed by atoms with van der Waals surface area (Å²) in [5.74, 6) is -1.99. The van der Waals surface area contributed by atoms with Crippen molar-refractivity contribution in [3.05, 3.63) is 70.8 Å². The molecular weight excluding hydrogens is 363 g/mol. The van der Waals surface area contributed by atoms with Crippen molar-refractivity contribution in [3.8, 4) is 0 Å². The second-order valence-corrected chi connectivity index (χ2v) is 5.84. The topological polar surface area (TPSA) is 63.7 Å². The summed E-state index contributed by atoms with van der Waals surface area (Å²) >= 11 is 0. The van der Waals surface area contributed by atoms with Crippen LogP contribution in [0.2, 0.25) is 0 Å². The van der Waals surface area contributed by atoms with Gasteiger partial charge in [0, 0.05) is 6.54 Å². The lowest BCUT2D eigenvalue weighted by Crippen LogP contribution is -2.31. The Morgan fingerprint density at radius 1 is 0.926 bits per heavy atom. The van der Waals surface area contributed by atoms with Crippen molar-refractivity contribution >= 4 is 17.8 Å². The van der Waals surface area contributed by atoms with Crippen molar-refractivity contribution in [3.63, 3.8) is 0 Å². The molecule has 2 aromatic carbocycles. The number of nitrogens with zero attached hydrogens (tertiary/aromatic N) is 1. The number of fused-ring (bicyclic) bond motifs is 1. The number of amides is 2. The number of carbonyl (C=O) groups excluding carboxylic acids is 3. The maximum absolute atomic E-state index is 12.9. The van der Waals surface area contributed by atoms with E-state index in [9.17, 15) is 27.6 Å². The van der Waals surface area contributed by atoms with Crippen molar-refractivity contribution in [2.24, 2.45) is 0 Å². The van der Waals surface area contributed by atoms with E-state index < -0.39 is 35.1 Å². The van der Waals surface area contributed by atoms with Gasteiger partial charge in [0.1, 0.15) is 0 Å². The predicted octanol–water partition coefficient (Wildman–Crippen LogP) is 3.55. The lowest BCUT2D eigenvalue weighted by molar-refractivity contribution is -0.138. The first-order valence-corrected chi connectivity index (χ1v) is 8.09. The van der Waals surface area contributed by atoms with Gasteiger partial charge in [-0.3, -0.25) is 14.5 Å². The van der Waals surface area contributed by atoms with Crippen molar-refractivity contribution in [2.45, 2.75) is 12.6 Å². The van der Waals surface area contributed by atoms with Gasteiger partial charge in [-0.05, 0) is 30.7 Å². The first-order valence-electron chi connectivity index (χ1n) is 8.09. The third-order valence-electron chi connectivity index (χ3n) is 4.09. The van der Waals surface area contributed by atoms with Crippen LogP contribution in [-0.2, 0) is 10.9 Å². The van der Waals surface area contributed by atoms with Gasteiger partial charge in [0.25, 0.3) is 11.8 Å². The Balaban J connectivity index is 1.57. The van der Waals surface area contributed by atoms with Crippen LogP contribution < -0.4 is 0 Å². The minimum atomic E-state index is -4.67. The first kappa shape index (κ1) is 18.6. The molecule has 0 unspecified atom stereocenters. The number of carbonyl (C=O) groups is 3. The van der Waals surface area contributed by atoms with Crippen molar-refractivity contribution in [1.29, 1.82) is 0 Å². The summed E-state index contributed by atoms with van der Waals surface area (Å²) in [5, 5.41) is 0. The van der Waals surface area contributed by atoms with Crippen molar-refractivity contribution in [1.82, 2.24) is 4.90 Å². The number of alkyl halides is 3. The highest BCUT2D eigenvalue weighted by Crippen LogP contribution is 2.32. The summed E-state index contributed by atoms with van der Waals surface area (Å²) in [5.41, 5.74) is -1.04. The minimum Gasteiger partial charge on any atom is -0.462 e. The molecule has 8 heteroatoms. The third kappa shape index (κ3) is 3.69. The van der Waals surface area contributed by atoms with Gasteiger partial charge in [0.05, 0.1) is 28.9 Å². The quantitative estimate of drug-likeness (QED) is 0.454. The number of ether oxygens (including phenoxy) is 1. The monoisotopic (exact) mass is 377 g/mol. The van der Waals surface area contributed by atoms with Gasteiger partial charge in [0.2, 0.25) is 0 Å². The highest BCUT2D eigenvalue weighted by molar-refractivity contribution is 6.21. The van der Waals surface area contributed by atoms with Gasteiger partial charge in [-0.25, -0.2) is 4.79 Å². The van der Waals surface area contributed by atoms with E-state index in [1.165, 1.54) is 12.1 Å². The van der Waals surface area contributed by atoms with E-state index in [0.29, 0.717) is 11.1 Å². The predicted molar refractivity (Wildman–Crippen MR) is 88.2 cm³/mol. The molecule has 0 radical (unpaired) electrons. The summed E-state index contributed by atoms with van der Waals surface area (Å²) in [7, 11) is 0. The molecule has 0 saturated heterocycles. The number of esters is 1. The lowest BCUT2D eigenvalue weighted by Gasteiger charge is -2.14. The number of hydrogen-bond acceptors (Lipinski definition) is 4. The molecule has 0 aromatic heterocycles. The van der Waals surface area contributed by atoms with Crippen LogP contribution in [0, 0.1) is 0 Å². The Bertz CT molecular complexity index is 873. The molecule has 0 fully saturated rings. The molecule has 1 aliphatic heterocycles. The average molecular weight is 377 g/mol. The third-order valence-corrected chi connectivity index (χ3v) is 4.09. The molecule has 2 amide bonds. The molecule has 0 atom stereocenters. The van der Waals surface area contributed by atoms with E-state index in [1.54, 1.807) is 24.3 Å². The normalized spacial score (nSPS) is 13.7. The number of imide groups is 1. The Labute approximate surface area is 152 Å². The Hall–Kier alpha value is -3.16. The molecule has 140 valence electrons. The second-order valence-electron chi connectivity index (χ2n) is 5.84. The summed E-state index contributed by atoms with van der Waals surface area (Å²) in [4.78, 5) is 37.3.